The summed E-state index contributed by atoms with van der Waals surface area (Å²) in [7, 11) is -4.16. The number of hydrogen-bond acceptors (Lipinski definition) is 4. The molecule has 0 heterocycles. The number of amides is 2. The number of benzene rings is 3. The molecule has 3 rings (SSSR count). The van der Waals surface area contributed by atoms with Gasteiger partial charge in [-0.1, -0.05) is 66.5 Å². The molecule has 0 aliphatic rings. The fourth-order valence-electron chi connectivity index (χ4n) is 4.46. The van der Waals surface area contributed by atoms with Crippen molar-refractivity contribution >= 4 is 50.7 Å². The molecule has 0 aliphatic heterocycles. The van der Waals surface area contributed by atoms with Crippen molar-refractivity contribution < 1.29 is 18.0 Å². The monoisotopic (exact) mass is 617 g/mol. The van der Waals surface area contributed by atoms with Crippen molar-refractivity contribution in [2.75, 3.05) is 10.8 Å². The summed E-state index contributed by atoms with van der Waals surface area (Å²) >= 11 is 13.0. The van der Waals surface area contributed by atoms with Gasteiger partial charge in [0, 0.05) is 27.7 Å². The van der Waals surface area contributed by atoms with Crippen LogP contribution in [0.15, 0.2) is 71.6 Å². The Kier molecular flexibility index (Phi) is 10.5. The number of carbonyl (C=O) groups is 2. The summed E-state index contributed by atoms with van der Waals surface area (Å²) in [6, 6.07) is 17.4. The number of hydrogen-bond donors (Lipinski definition) is 1. The molecule has 1 unspecified atom stereocenters. The minimum atomic E-state index is -4.16. The molecule has 0 radical (unpaired) electrons. The summed E-state index contributed by atoms with van der Waals surface area (Å²) in [5.74, 6) is -0.932. The smallest absolute Gasteiger partial charge is 0.264 e. The summed E-state index contributed by atoms with van der Waals surface area (Å²) < 4.78 is 29.1. The van der Waals surface area contributed by atoms with Crippen molar-refractivity contribution in [1.82, 2.24) is 10.2 Å². The minimum Gasteiger partial charge on any atom is -0.350 e. The molecule has 0 saturated carbocycles. The Hall–Kier alpha value is -3.07. The van der Waals surface area contributed by atoms with Gasteiger partial charge in [-0.3, -0.25) is 13.9 Å². The van der Waals surface area contributed by atoms with Crippen LogP contribution in [0.25, 0.3) is 0 Å². The van der Waals surface area contributed by atoms with Gasteiger partial charge in [0.05, 0.1) is 10.6 Å². The van der Waals surface area contributed by atoms with Gasteiger partial charge in [0.25, 0.3) is 10.0 Å². The maximum atomic E-state index is 14.3. The second-order valence-electron chi connectivity index (χ2n) is 10.9. The first-order chi connectivity index (χ1) is 19.2. The summed E-state index contributed by atoms with van der Waals surface area (Å²) in [6.07, 6.45) is 0.282. The zero-order valence-corrected chi connectivity index (χ0v) is 26.6. The molecule has 3 aromatic carbocycles. The molecule has 0 bridgehead atoms. The lowest BCUT2D eigenvalue weighted by Crippen LogP contribution is -2.55. The summed E-state index contributed by atoms with van der Waals surface area (Å²) in [4.78, 5) is 29.1. The first-order valence-corrected chi connectivity index (χ1v) is 15.5. The Bertz CT molecular complexity index is 1490. The standard InChI is InChI=1S/C31H37Cl2N3O4S/c1-7-27(30(38)34-31(4,5)6)35(19-24-25(32)16-12-17-26(24)33)29(37)20-36(28-18-11-13-21(2)22(28)3)41(39,40)23-14-9-8-10-15-23/h8-18,27H,7,19-20H2,1-6H3,(H,34,38). The SMILES string of the molecule is CCC(C(=O)NC(C)(C)C)N(Cc1c(Cl)cccc1Cl)C(=O)CN(c1cccc(C)c1C)S(=O)(=O)c1ccccc1. The molecule has 0 saturated heterocycles. The number of carbonyl (C=O) groups excluding carboxylic acids is 2. The van der Waals surface area contributed by atoms with Gasteiger partial charge in [0.2, 0.25) is 11.8 Å². The Morgan fingerprint density at radius 3 is 2.05 bits per heavy atom. The van der Waals surface area contributed by atoms with E-state index in [1.807, 2.05) is 40.7 Å². The Balaban J connectivity index is 2.15. The predicted molar refractivity (Wildman–Crippen MR) is 166 cm³/mol. The fraction of sp³-hybridized carbons (Fsp3) is 0.355. The van der Waals surface area contributed by atoms with Crippen LogP contribution in [0.5, 0.6) is 0 Å². The average molecular weight is 619 g/mol. The molecule has 0 spiro atoms. The van der Waals surface area contributed by atoms with E-state index in [2.05, 4.69) is 5.32 Å². The fourth-order valence-corrected chi connectivity index (χ4v) is 6.47. The maximum Gasteiger partial charge on any atom is 0.264 e. The van der Waals surface area contributed by atoms with Crippen LogP contribution >= 0.6 is 23.2 Å². The van der Waals surface area contributed by atoms with E-state index in [1.54, 1.807) is 55.5 Å². The second-order valence-corrected chi connectivity index (χ2v) is 13.6. The molecule has 10 heteroatoms. The number of rotatable bonds is 10. The molecule has 7 nitrogen and oxygen atoms in total. The molecular formula is C31H37Cl2N3O4S. The number of nitrogens with one attached hydrogen (secondary N) is 1. The normalized spacial score (nSPS) is 12.5. The van der Waals surface area contributed by atoms with Crippen LogP contribution in [0, 0.1) is 13.8 Å². The molecule has 2 amide bonds. The predicted octanol–water partition coefficient (Wildman–Crippen LogP) is 6.53. The maximum absolute atomic E-state index is 14.3. The molecule has 1 N–H and O–H groups in total. The summed E-state index contributed by atoms with van der Waals surface area (Å²) in [5, 5.41) is 3.62. The van der Waals surface area contributed by atoms with Crippen molar-refractivity contribution in [3.05, 3.63) is 93.5 Å². The van der Waals surface area contributed by atoms with E-state index in [-0.39, 0.29) is 23.8 Å². The van der Waals surface area contributed by atoms with Crippen molar-refractivity contribution in [2.24, 2.45) is 0 Å². The number of aryl methyl sites for hydroxylation is 1. The van der Waals surface area contributed by atoms with Gasteiger partial charge in [-0.05, 0) is 82.5 Å². The third-order valence-corrected chi connectivity index (χ3v) is 9.21. The van der Waals surface area contributed by atoms with Crippen molar-refractivity contribution in [3.63, 3.8) is 0 Å². The highest BCUT2D eigenvalue weighted by atomic mass is 35.5. The summed E-state index contributed by atoms with van der Waals surface area (Å²) in [5.41, 5.74) is 1.89. The van der Waals surface area contributed by atoms with Crippen LogP contribution in [0.2, 0.25) is 10.0 Å². The van der Waals surface area contributed by atoms with Crippen molar-refractivity contribution in [1.29, 1.82) is 0 Å². The lowest BCUT2D eigenvalue weighted by molar-refractivity contribution is -0.141. The number of anilines is 1. The highest BCUT2D eigenvalue weighted by Gasteiger charge is 2.35. The summed E-state index contributed by atoms with van der Waals surface area (Å²) in [6.45, 7) is 10.4. The van der Waals surface area contributed by atoms with Crippen LogP contribution in [0.1, 0.15) is 50.8 Å². The lowest BCUT2D eigenvalue weighted by Gasteiger charge is -2.35. The second kappa shape index (κ2) is 13.3. The Morgan fingerprint density at radius 1 is 0.902 bits per heavy atom. The molecule has 220 valence electrons. The average Bonchev–Trinajstić information content (AvgIpc) is 2.90. The number of halogens is 2. The van der Waals surface area contributed by atoms with Crippen LogP contribution in [-0.2, 0) is 26.2 Å². The quantitative estimate of drug-likeness (QED) is 0.280. The van der Waals surface area contributed by atoms with E-state index in [4.69, 9.17) is 23.2 Å². The molecule has 0 fully saturated rings. The Morgan fingerprint density at radius 2 is 1.49 bits per heavy atom. The molecule has 0 aromatic heterocycles. The van der Waals surface area contributed by atoms with Gasteiger partial charge < -0.3 is 10.2 Å². The molecule has 3 aromatic rings. The number of sulfonamides is 1. The lowest BCUT2D eigenvalue weighted by atomic mass is 10.1. The largest absolute Gasteiger partial charge is 0.350 e. The molecule has 0 aliphatic carbocycles. The first kappa shape index (κ1) is 32.4. The van der Waals surface area contributed by atoms with E-state index in [0.717, 1.165) is 15.4 Å². The van der Waals surface area contributed by atoms with Crippen LogP contribution in [0.4, 0.5) is 5.69 Å². The molecular weight excluding hydrogens is 581 g/mol. The Labute approximate surface area is 253 Å². The zero-order valence-electron chi connectivity index (χ0n) is 24.2. The van der Waals surface area contributed by atoms with Gasteiger partial charge in [0.1, 0.15) is 12.6 Å². The van der Waals surface area contributed by atoms with Gasteiger partial charge in [-0.25, -0.2) is 8.42 Å². The van der Waals surface area contributed by atoms with Gasteiger partial charge in [-0.2, -0.15) is 0 Å². The van der Waals surface area contributed by atoms with Crippen molar-refractivity contribution in [2.45, 2.75) is 71.0 Å². The third-order valence-electron chi connectivity index (χ3n) is 6.73. The highest BCUT2D eigenvalue weighted by Crippen LogP contribution is 2.31. The van der Waals surface area contributed by atoms with Crippen LogP contribution in [0.3, 0.4) is 0 Å². The molecule has 1 atom stereocenters. The number of nitrogens with zero attached hydrogens (tertiary/aromatic N) is 2. The van der Waals surface area contributed by atoms with Gasteiger partial charge >= 0.3 is 0 Å². The van der Waals surface area contributed by atoms with E-state index in [0.29, 0.717) is 21.3 Å². The van der Waals surface area contributed by atoms with Crippen molar-refractivity contribution in [3.8, 4) is 0 Å². The zero-order chi connectivity index (χ0) is 30.5. The molecule has 41 heavy (non-hydrogen) atoms. The highest BCUT2D eigenvalue weighted by molar-refractivity contribution is 7.92. The first-order valence-electron chi connectivity index (χ1n) is 13.4. The van der Waals surface area contributed by atoms with Gasteiger partial charge in [-0.15, -0.1) is 0 Å². The van der Waals surface area contributed by atoms with E-state index in [9.17, 15) is 18.0 Å². The van der Waals surface area contributed by atoms with E-state index in [1.165, 1.54) is 17.0 Å². The minimum absolute atomic E-state index is 0.0481. The topological polar surface area (TPSA) is 86.8 Å². The van der Waals surface area contributed by atoms with E-state index < -0.39 is 34.1 Å². The van der Waals surface area contributed by atoms with E-state index >= 15 is 0 Å². The van der Waals surface area contributed by atoms with Crippen LogP contribution in [-0.4, -0.2) is 43.3 Å². The van der Waals surface area contributed by atoms with Gasteiger partial charge in [0.15, 0.2) is 0 Å². The third kappa shape index (κ3) is 7.82. The van der Waals surface area contributed by atoms with Crippen LogP contribution < -0.4 is 9.62 Å².